The van der Waals surface area contributed by atoms with Crippen molar-refractivity contribution in [2.45, 2.75) is 38.1 Å². The zero-order chi connectivity index (χ0) is 18.3. The van der Waals surface area contributed by atoms with Gasteiger partial charge in [0, 0.05) is 41.1 Å². The van der Waals surface area contributed by atoms with Crippen LogP contribution in [0.4, 0.5) is 0 Å². The van der Waals surface area contributed by atoms with Gasteiger partial charge < -0.3 is 15.5 Å². The summed E-state index contributed by atoms with van der Waals surface area (Å²) in [7, 11) is 0. The van der Waals surface area contributed by atoms with Gasteiger partial charge in [0.1, 0.15) is 0 Å². The Morgan fingerprint density at radius 1 is 1.15 bits per heavy atom. The van der Waals surface area contributed by atoms with Crippen LogP contribution in [0.3, 0.4) is 0 Å². The largest absolute Gasteiger partial charge is 0.339 e. The molecule has 2 unspecified atom stereocenters. The van der Waals surface area contributed by atoms with Gasteiger partial charge in [-0.2, -0.15) is 0 Å². The Balaban J connectivity index is 1.38. The summed E-state index contributed by atoms with van der Waals surface area (Å²) in [6, 6.07) is 4.05. The third-order valence-electron chi connectivity index (χ3n) is 5.78. The van der Waals surface area contributed by atoms with E-state index in [9.17, 15) is 9.59 Å². The highest BCUT2D eigenvalue weighted by atomic mass is 32.1. The number of hydrogen-bond donors (Lipinski definition) is 1. The summed E-state index contributed by atoms with van der Waals surface area (Å²) >= 11 is 3.22. The van der Waals surface area contributed by atoms with Gasteiger partial charge in [-0.05, 0) is 37.3 Å². The molecule has 2 amide bonds. The number of thiophene rings is 2. The van der Waals surface area contributed by atoms with Crippen LogP contribution < -0.4 is 5.73 Å². The van der Waals surface area contributed by atoms with Crippen molar-refractivity contribution in [2.24, 2.45) is 11.7 Å². The molecule has 2 atom stereocenters. The first-order valence-electron chi connectivity index (χ1n) is 9.30. The lowest BCUT2D eigenvalue weighted by atomic mass is 9.74. The van der Waals surface area contributed by atoms with Crippen molar-refractivity contribution in [2.75, 3.05) is 26.2 Å². The number of rotatable bonds is 2. The lowest BCUT2D eigenvalue weighted by molar-refractivity contribution is -0.140. The zero-order valence-electron chi connectivity index (χ0n) is 15.1. The molecule has 2 aromatic heterocycles. The minimum atomic E-state index is -0.398. The van der Waals surface area contributed by atoms with E-state index in [1.807, 2.05) is 22.8 Å². The van der Waals surface area contributed by atoms with E-state index in [4.69, 9.17) is 5.73 Å². The molecule has 0 radical (unpaired) electrons. The molecule has 2 N–H and O–H groups in total. The topological polar surface area (TPSA) is 66.6 Å². The van der Waals surface area contributed by atoms with Crippen molar-refractivity contribution < 1.29 is 9.59 Å². The van der Waals surface area contributed by atoms with E-state index in [0.29, 0.717) is 26.2 Å². The fourth-order valence-electron chi connectivity index (χ4n) is 4.14. The number of fused-ring (bicyclic) bond motifs is 1. The minimum Gasteiger partial charge on any atom is -0.339 e. The molecule has 1 aliphatic heterocycles. The van der Waals surface area contributed by atoms with Crippen LogP contribution >= 0.6 is 22.7 Å². The van der Waals surface area contributed by atoms with E-state index in [2.05, 4.69) is 11.4 Å². The monoisotopic (exact) mass is 391 g/mol. The van der Waals surface area contributed by atoms with Crippen molar-refractivity contribution in [1.82, 2.24) is 9.80 Å². The summed E-state index contributed by atoms with van der Waals surface area (Å²) in [5.74, 6) is 0.188. The van der Waals surface area contributed by atoms with Crippen LogP contribution in [0.1, 0.15) is 42.3 Å². The molecule has 7 heteroatoms. The predicted octanol–water partition coefficient (Wildman–Crippen LogP) is 3.15. The lowest BCUT2D eigenvalue weighted by Gasteiger charge is -2.42. The number of carbonyl (C=O) groups is 2. The van der Waals surface area contributed by atoms with Crippen LogP contribution in [0.15, 0.2) is 17.5 Å². The maximum Gasteiger partial charge on any atom is 0.264 e. The fourth-order valence-corrected chi connectivity index (χ4v) is 6.22. The molecule has 26 heavy (non-hydrogen) atoms. The number of piperazine rings is 1. The van der Waals surface area contributed by atoms with Crippen LogP contribution in [0.25, 0.3) is 9.40 Å². The summed E-state index contributed by atoms with van der Waals surface area (Å²) in [5.41, 5.74) is 6.00. The predicted molar refractivity (Wildman–Crippen MR) is 107 cm³/mol. The Hall–Kier alpha value is -1.44. The molecule has 1 saturated heterocycles. The molecule has 1 saturated carbocycles. The van der Waals surface area contributed by atoms with E-state index < -0.39 is 5.54 Å². The Morgan fingerprint density at radius 2 is 1.88 bits per heavy atom. The van der Waals surface area contributed by atoms with Gasteiger partial charge in [-0.3, -0.25) is 9.59 Å². The second-order valence-corrected chi connectivity index (χ2v) is 9.71. The first-order chi connectivity index (χ1) is 12.5. The van der Waals surface area contributed by atoms with Crippen LogP contribution in [-0.2, 0) is 4.79 Å². The van der Waals surface area contributed by atoms with Gasteiger partial charge in [0.2, 0.25) is 5.91 Å². The Labute approximate surface area is 161 Å². The maximum absolute atomic E-state index is 12.9. The normalized spacial score (nSPS) is 27.1. The number of carbonyl (C=O) groups excluding carboxylic acids is 2. The second-order valence-electron chi connectivity index (χ2n) is 7.68. The van der Waals surface area contributed by atoms with E-state index in [-0.39, 0.29) is 17.7 Å². The van der Waals surface area contributed by atoms with Crippen molar-refractivity contribution in [3.8, 4) is 0 Å². The van der Waals surface area contributed by atoms with Crippen LogP contribution in [0, 0.1) is 5.92 Å². The highest BCUT2D eigenvalue weighted by Crippen LogP contribution is 2.34. The highest BCUT2D eigenvalue weighted by Gasteiger charge is 2.40. The summed E-state index contributed by atoms with van der Waals surface area (Å²) in [4.78, 5) is 30.3. The minimum absolute atomic E-state index is 0.0809. The third kappa shape index (κ3) is 3.28. The second kappa shape index (κ2) is 6.94. The molecule has 0 bridgehead atoms. The molecule has 2 aromatic rings. The third-order valence-corrected chi connectivity index (χ3v) is 7.86. The van der Waals surface area contributed by atoms with Crippen LogP contribution in [0.5, 0.6) is 0 Å². The SMILES string of the molecule is CC1(N)CCCCC1C(=O)N1CCN(C(=O)c2cc3sccc3s2)CC1. The average Bonchev–Trinajstić information content (AvgIpc) is 3.22. The van der Waals surface area contributed by atoms with Gasteiger partial charge in [-0.25, -0.2) is 0 Å². The van der Waals surface area contributed by atoms with Crippen molar-refractivity contribution >= 4 is 43.9 Å². The molecular weight excluding hydrogens is 366 g/mol. The molecule has 2 fully saturated rings. The summed E-state index contributed by atoms with van der Waals surface area (Å²) in [5, 5.41) is 2.05. The smallest absolute Gasteiger partial charge is 0.264 e. The van der Waals surface area contributed by atoms with Crippen molar-refractivity contribution in [1.29, 1.82) is 0 Å². The summed E-state index contributed by atoms with van der Waals surface area (Å²) in [6.45, 7) is 4.43. The Bertz CT molecular complexity index is 789. The van der Waals surface area contributed by atoms with Crippen molar-refractivity contribution in [3.05, 3.63) is 22.4 Å². The highest BCUT2D eigenvalue weighted by molar-refractivity contribution is 7.27. The quantitative estimate of drug-likeness (QED) is 0.855. The van der Waals surface area contributed by atoms with E-state index >= 15 is 0 Å². The Morgan fingerprint density at radius 3 is 2.58 bits per heavy atom. The molecule has 0 spiro atoms. The maximum atomic E-state index is 12.9. The van der Waals surface area contributed by atoms with Crippen molar-refractivity contribution in [3.63, 3.8) is 0 Å². The number of amides is 2. The lowest BCUT2D eigenvalue weighted by Crippen LogP contribution is -2.57. The standard InChI is InChI=1S/C19H25N3O2S2/c1-19(20)6-3-2-4-13(19)17(23)21-7-9-22(10-8-21)18(24)16-12-15-14(26-16)5-11-25-15/h5,11-13H,2-4,6-10,20H2,1H3. The van der Waals surface area contributed by atoms with Gasteiger partial charge in [0.15, 0.2) is 0 Å². The molecule has 2 aliphatic rings. The van der Waals surface area contributed by atoms with Gasteiger partial charge in [0.25, 0.3) is 5.91 Å². The van der Waals surface area contributed by atoms with Gasteiger partial charge in [0.05, 0.1) is 10.8 Å². The van der Waals surface area contributed by atoms with Gasteiger partial charge in [-0.15, -0.1) is 22.7 Å². The molecule has 140 valence electrons. The zero-order valence-corrected chi connectivity index (χ0v) is 16.7. The van der Waals surface area contributed by atoms with E-state index in [1.165, 1.54) is 9.40 Å². The summed E-state index contributed by atoms with van der Waals surface area (Å²) in [6.07, 6.45) is 3.99. The number of nitrogens with two attached hydrogens (primary N) is 1. The average molecular weight is 392 g/mol. The number of hydrogen-bond acceptors (Lipinski definition) is 5. The van der Waals surface area contributed by atoms with Gasteiger partial charge in [-0.1, -0.05) is 12.8 Å². The first-order valence-corrected chi connectivity index (χ1v) is 11.0. The molecule has 1 aliphatic carbocycles. The molecule has 4 rings (SSSR count). The summed E-state index contributed by atoms with van der Waals surface area (Å²) < 4.78 is 2.35. The molecular formula is C19H25N3O2S2. The Kier molecular flexibility index (Phi) is 4.79. The molecule has 5 nitrogen and oxygen atoms in total. The van der Waals surface area contributed by atoms with Gasteiger partial charge >= 0.3 is 0 Å². The van der Waals surface area contributed by atoms with E-state index in [0.717, 1.165) is 30.6 Å². The molecule has 3 heterocycles. The van der Waals surface area contributed by atoms with E-state index in [1.54, 1.807) is 22.7 Å². The molecule has 0 aromatic carbocycles. The first kappa shape index (κ1) is 17.9. The van der Waals surface area contributed by atoms with Crippen LogP contribution in [0.2, 0.25) is 0 Å². The number of nitrogens with zero attached hydrogens (tertiary/aromatic N) is 2. The van der Waals surface area contributed by atoms with Crippen LogP contribution in [-0.4, -0.2) is 53.3 Å². The fraction of sp³-hybridized carbons (Fsp3) is 0.579.